The summed E-state index contributed by atoms with van der Waals surface area (Å²) in [4.78, 5) is 111. The van der Waals surface area contributed by atoms with Crippen molar-refractivity contribution in [2.45, 2.75) is 123 Å². The maximum Gasteiger partial charge on any atom is 0.258 e. The molecule has 423 valence electrons. The van der Waals surface area contributed by atoms with Crippen molar-refractivity contribution in [2.24, 2.45) is 5.92 Å². The second-order valence-electron chi connectivity index (χ2n) is 21.8. The average molecular weight is 1190 g/mol. The number of hydrogen-bond acceptors (Lipinski definition) is 12. The number of aryl methyl sites for hydroxylation is 2. The van der Waals surface area contributed by atoms with Crippen LogP contribution in [0.1, 0.15) is 119 Å². The number of methoxy groups -OCH3 is 1. The number of ether oxygens (including phenoxy) is 3. The van der Waals surface area contributed by atoms with Crippen molar-refractivity contribution in [1.29, 1.82) is 0 Å². The van der Waals surface area contributed by atoms with Gasteiger partial charge in [0.25, 0.3) is 23.6 Å². The van der Waals surface area contributed by atoms with E-state index in [1.54, 1.807) is 38.1 Å². The Morgan fingerprint density at radius 1 is 0.695 bits per heavy atom. The fourth-order valence-electron chi connectivity index (χ4n) is 11.6. The minimum Gasteiger partial charge on any atom is -0.522 e. The number of carbonyl (C=O) groups excluding carboxylic acids is 8. The SMILES string of the molecule is COc1cc2c(cc1OCc1cc(COc3cc4c(cc3C)C(=O)N3c5ccccc5C[C@H]3CC4)cc(NC(=O)[C@H](C)CC(=O)[C@H](C)NC(=O)CCCCC(=O)CCCN3C(=O)C=CC3=O)c1)N(C)[CH-][C@@H]1Cc3ccccc3N1C2=O.[Y]. The van der Waals surface area contributed by atoms with E-state index in [1.165, 1.54) is 24.8 Å². The largest absolute Gasteiger partial charge is 0.522 e. The molecule has 5 aliphatic rings. The number of rotatable bonds is 22. The van der Waals surface area contributed by atoms with Gasteiger partial charge >= 0.3 is 0 Å². The molecular formula is C64H67N6O11Y-. The number of nitrogens with one attached hydrogen (secondary N) is 2. The average Bonchev–Trinajstić information content (AvgIpc) is 4.09. The Labute approximate surface area is 503 Å². The molecule has 2 N–H and O–H groups in total. The molecule has 0 saturated heterocycles. The number of anilines is 4. The van der Waals surface area contributed by atoms with Crippen LogP contribution >= 0.6 is 0 Å². The van der Waals surface area contributed by atoms with E-state index in [4.69, 9.17) is 14.2 Å². The van der Waals surface area contributed by atoms with Crippen molar-refractivity contribution in [3.8, 4) is 17.2 Å². The molecule has 5 aliphatic heterocycles. The van der Waals surface area contributed by atoms with E-state index >= 15 is 0 Å². The predicted octanol–water partition coefficient (Wildman–Crippen LogP) is 8.73. The van der Waals surface area contributed by atoms with E-state index in [1.807, 2.05) is 95.9 Å². The molecule has 4 atom stereocenters. The van der Waals surface area contributed by atoms with E-state index in [9.17, 15) is 38.4 Å². The Morgan fingerprint density at radius 2 is 1.33 bits per heavy atom. The van der Waals surface area contributed by atoms with Gasteiger partial charge in [0.1, 0.15) is 24.7 Å². The number of unbranched alkanes of at least 4 members (excludes halogenated alkanes) is 1. The summed E-state index contributed by atoms with van der Waals surface area (Å²) in [7, 11) is 3.44. The van der Waals surface area contributed by atoms with Crippen molar-refractivity contribution < 1.29 is 85.3 Å². The van der Waals surface area contributed by atoms with Crippen LogP contribution in [0.2, 0.25) is 0 Å². The molecule has 0 bridgehead atoms. The molecule has 0 fully saturated rings. The van der Waals surface area contributed by atoms with Crippen LogP contribution in [0.25, 0.3) is 0 Å². The van der Waals surface area contributed by atoms with Crippen molar-refractivity contribution in [1.82, 2.24) is 10.2 Å². The molecule has 5 heterocycles. The summed E-state index contributed by atoms with van der Waals surface area (Å²) in [6.45, 7) is 7.50. The van der Waals surface area contributed by atoms with Gasteiger partial charge < -0.3 is 39.5 Å². The van der Waals surface area contributed by atoms with Crippen molar-refractivity contribution in [3.05, 3.63) is 154 Å². The van der Waals surface area contributed by atoms with Crippen LogP contribution in [0.15, 0.2) is 103 Å². The van der Waals surface area contributed by atoms with Crippen LogP contribution in [0, 0.1) is 19.4 Å². The quantitative estimate of drug-likeness (QED) is 0.0380. The zero-order chi connectivity index (χ0) is 57.1. The third-order valence-electron chi connectivity index (χ3n) is 16.0. The number of carbonyl (C=O) groups is 8. The molecule has 17 nitrogen and oxygen atoms in total. The standard InChI is InChI=1S/C64H67N6O11.Y/c1-38-25-50-43(20-21-47-30-44-13-6-9-17-52(44)69(47)63(50)77)32-56(38)80-36-41-27-42(37-81-58-34-54-51(33-57(58)79-5)64(78)70-48(35-67(54)4)31-45-14-7-10-18-53(45)70)29-46(28-41)66-62(76)39(2)26-55(72)40(3)65-59(73)19-11-8-15-49(71)16-12-24-68-60(74)22-23-61(68)75;/h6-7,9-10,13-14,17-18,22-23,25,27-29,32-35,39-40,47-48H,8,11-12,15-16,19-21,24,26,30-31,36-37H2,1-5H3,(H,65,73)(H,66,76);/q-1;/t39-,40+,47-,48+;/m1./s1. The van der Waals surface area contributed by atoms with Crippen LogP contribution in [0.5, 0.6) is 17.2 Å². The minimum atomic E-state index is -0.859. The molecular weight excluding hydrogens is 1120 g/mol. The maximum absolute atomic E-state index is 14.3. The number of Topliss-reactive ketones (excluding diaryl/α,β-unsaturated/α-hetero) is 2. The van der Waals surface area contributed by atoms with E-state index in [-0.39, 0.29) is 131 Å². The first-order valence-corrected chi connectivity index (χ1v) is 27.9. The molecule has 0 spiro atoms. The van der Waals surface area contributed by atoms with E-state index in [0.29, 0.717) is 83.0 Å². The van der Waals surface area contributed by atoms with Crippen molar-refractivity contribution >= 4 is 69.8 Å². The first kappa shape index (κ1) is 59.1. The zero-order valence-corrected chi connectivity index (χ0v) is 49.8. The summed E-state index contributed by atoms with van der Waals surface area (Å²) in [6, 6.07) is 28.0. The van der Waals surface area contributed by atoms with Crippen LogP contribution in [0.4, 0.5) is 22.7 Å². The first-order valence-electron chi connectivity index (χ1n) is 27.9. The van der Waals surface area contributed by atoms with Gasteiger partial charge in [0, 0.05) is 123 Å². The minimum absolute atomic E-state index is 0. The molecule has 82 heavy (non-hydrogen) atoms. The van der Waals surface area contributed by atoms with E-state index in [2.05, 4.69) is 16.7 Å². The van der Waals surface area contributed by atoms with Gasteiger partial charge in [0.15, 0.2) is 17.3 Å². The maximum atomic E-state index is 14.3. The van der Waals surface area contributed by atoms with Gasteiger partial charge in [-0.2, -0.15) is 0 Å². The molecule has 1 radical (unpaired) electrons. The van der Waals surface area contributed by atoms with E-state index < -0.39 is 17.9 Å². The number of ketones is 2. The number of imide groups is 1. The zero-order valence-electron chi connectivity index (χ0n) is 47.0. The monoisotopic (exact) mass is 1180 g/mol. The van der Waals surface area contributed by atoms with Crippen LogP contribution in [0.3, 0.4) is 0 Å². The summed E-state index contributed by atoms with van der Waals surface area (Å²) in [5, 5.41) is 5.73. The number of hydrogen-bond donors (Lipinski definition) is 2. The van der Waals surface area contributed by atoms with Gasteiger partial charge in [-0.25, -0.2) is 6.54 Å². The predicted molar refractivity (Wildman–Crippen MR) is 305 cm³/mol. The van der Waals surface area contributed by atoms with Gasteiger partial charge in [-0.3, -0.25) is 43.3 Å². The van der Waals surface area contributed by atoms with Crippen LogP contribution < -0.4 is 39.5 Å². The summed E-state index contributed by atoms with van der Waals surface area (Å²) in [6.07, 6.45) is 7.16. The van der Waals surface area contributed by atoms with Gasteiger partial charge in [-0.05, 0) is 148 Å². The number of likely N-dealkylation sites (N-methyl/N-ethyl adjacent to an activating group) is 1. The summed E-state index contributed by atoms with van der Waals surface area (Å²) < 4.78 is 18.9. The van der Waals surface area contributed by atoms with Crippen molar-refractivity contribution in [3.63, 3.8) is 0 Å². The Bertz CT molecular complexity index is 3380. The van der Waals surface area contributed by atoms with Gasteiger partial charge in [-0.15, -0.1) is 0 Å². The second-order valence-corrected chi connectivity index (χ2v) is 21.8. The Kier molecular flexibility index (Phi) is 18.6. The van der Waals surface area contributed by atoms with E-state index in [0.717, 1.165) is 45.8 Å². The first-order chi connectivity index (χ1) is 39.0. The third kappa shape index (κ3) is 12.9. The van der Waals surface area contributed by atoms with Gasteiger partial charge in [0.05, 0.1) is 18.7 Å². The molecule has 0 unspecified atom stereocenters. The fraction of sp³-hybridized carbons (Fsp3) is 0.359. The molecule has 6 amide bonds. The number of para-hydroxylation sites is 2. The fourth-order valence-corrected chi connectivity index (χ4v) is 11.6. The number of benzene rings is 5. The number of fused-ring (bicyclic) bond motifs is 8. The molecule has 0 aromatic heterocycles. The summed E-state index contributed by atoms with van der Waals surface area (Å²) >= 11 is 0. The molecule has 10 rings (SSSR count). The summed E-state index contributed by atoms with van der Waals surface area (Å²) in [5.74, 6) is -1.40. The van der Waals surface area contributed by atoms with Gasteiger partial charge in [0.2, 0.25) is 11.8 Å². The van der Waals surface area contributed by atoms with Crippen LogP contribution in [-0.4, -0.2) is 90.7 Å². The number of nitrogens with zero attached hydrogens (tertiary/aromatic N) is 4. The molecule has 0 saturated carbocycles. The number of amides is 6. The van der Waals surface area contributed by atoms with Gasteiger partial charge in [-0.1, -0.05) is 49.4 Å². The normalized spacial score (nSPS) is 17.3. The molecule has 0 aliphatic carbocycles. The Balaban J connectivity index is 0.00000810. The third-order valence-corrected chi connectivity index (χ3v) is 16.0. The summed E-state index contributed by atoms with van der Waals surface area (Å²) in [5.41, 5.74) is 9.48. The van der Waals surface area contributed by atoms with Crippen LogP contribution in [-0.2, 0) is 94.0 Å². The Morgan fingerprint density at radius 3 is 2.04 bits per heavy atom. The molecule has 18 heteroatoms. The Hall–Kier alpha value is -7.50. The second kappa shape index (κ2) is 25.7. The van der Waals surface area contributed by atoms with Crippen molar-refractivity contribution in [2.75, 3.05) is 40.7 Å². The smallest absolute Gasteiger partial charge is 0.258 e. The molecule has 5 aromatic rings. The topological polar surface area (TPSA) is 201 Å². The molecule has 5 aromatic carbocycles.